The van der Waals surface area contributed by atoms with Gasteiger partial charge in [0.05, 0.1) is 17.6 Å². The molecule has 1 aromatic heterocycles. The first-order valence-electron chi connectivity index (χ1n) is 8.58. The highest BCUT2D eigenvalue weighted by atomic mass is 32.1. The SMILES string of the molecule is O=C(NC[C@H]1CN2CCC[C@@H]2CO1)c1sccc1-c1ccccc1. The highest BCUT2D eigenvalue weighted by Crippen LogP contribution is 2.28. The smallest absolute Gasteiger partial charge is 0.262 e. The van der Waals surface area contributed by atoms with E-state index in [4.69, 9.17) is 4.74 Å². The van der Waals surface area contributed by atoms with Gasteiger partial charge in [0.15, 0.2) is 0 Å². The van der Waals surface area contributed by atoms with Gasteiger partial charge in [-0.05, 0) is 36.4 Å². The van der Waals surface area contributed by atoms with Crippen LogP contribution in [0.4, 0.5) is 0 Å². The third kappa shape index (κ3) is 3.24. The lowest BCUT2D eigenvalue weighted by Gasteiger charge is -2.35. The molecule has 4 nitrogen and oxygen atoms in total. The van der Waals surface area contributed by atoms with E-state index < -0.39 is 0 Å². The van der Waals surface area contributed by atoms with Crippen LogP contribution < -0.4 is 5.32 Å². The fraction of sp³-hybridized carbons (Fsp3) is 0.421. The number of hydrogen-bond donors (Lipinski definition) is 1. The van der Waals surface area contributed by atoms with Gasteiger partial charge in [0.25, 0.3) is 5.91 Å². The third-order valence-electron chi connectivity index (χ3n) is 4.91. The predicted octanol–water partition coefficient (Wildman–Crippen LogP) is 3.01. The first kappa shape index (κ1) is 15.8. The molecular formula is C19H22N2O2S. The van der Waals surface area contributed by atoms with Crippen LogP contribution in [-0.2, 0) is 4.74 Å². The van der Waals surface area contributed by atoms with Gasteiger partial charge in [0, 0.05) is 24.7 Å². The maximum absolute atomic E-state index is 12.6. The maximum atomic E-state index is 12.6. The van der Waals surface area contributed by atoms with Crippen LogP contribution in [0.2, 0.25) is 0 Å². The van der Waals surface area contributed by atoms with Crippen LogP contribution in [0.25, 0.3) is 11.1 Å². The largest absolute Gasteiger partial charge is 0.373 e. The Morgan fingerprint density at radius 3 is 3.04 bits per heavy atom. The summed E-state index contributed by atoms with van der Waals surface area (Å²) in [5.74, 6) is -0.00371. The highest BCUT2D eigenvalue weighted by molar-refractivity contribution is 7.12. The molecule has 0 unspecified atom stereocenters. The average Bonchev–Trinajstić information content (AvgIpc) is 3.29. The van der Waals surface area contributed by atoms with Crippen molar-refractivity contribution in [1.82, 2.24) is 10.2 Å². The molecule has 2 fully saturated rings. The van der Waals surface area contributed by atoms with Crippen LogP contribution in [0.5, 0.6) is 0 Å². The monoisotopic (exact) mass is 342 g/mol. The van der Waals surface area contributed by atoms with E-state index in [1.165, 1.54) is 30.7 Å². The molecular weight excluding hydrogens is 320 g/mol. The number of nitrogens with zero attached hydrogens (tertiary/aromatic N) is 1. The van der Waals surface area contributed by atoms with E-state index in [0.29, 0.717) is 12.6 Å². The number of thiophene rings is 1. The molecule has 2 atom stereocenters. The van der Waals surface area contributed by atoms with Crippen molar-refractivity contribution in [1.29, 1.82) is 0 Å². The second-order valence-corrected chi connectivity index (χ2v) is 7.40. The minimum atomic E-state index is -0.00371. The highest BCUT2D eigenvalue weighted by Gasteiger charge is 2.32. The van der Waals surface area contributed by atoms with Gasteiger partial charge in [-0.1, -0.05) is 30.3 Å². The molecule has 2 saturated heterocycles. The minimum absolute atomic E-state index is 0.00371. The summed E-state index contributed by atoms with van der Waals surface area (Å²) >= 11 is 1.49. The molecule has 126 valence electrons. The van der Waals surface area contributed by atoms with Crippen molar-refractivity contribution in [2.45, 2.75) is 25.0 Å². The summed E-state index contributed by atoms with van der Waals surface area (Å²) in [5, 5.41) is 5.04. The topological polar surface area (TPSA) is 41.6 Å². The number of benzene rings is 1. The summed E-state index contributed by atoms with van der Waals surface area (Å²) in [4.78, 5) is 15.9. The van der Waals surface area contributed by atoms with E-state index in [1.807, 2.05) is 41.8 Å². The molecule has 0 saturated carbocycles. The molecule has 24 heavy (non-hydrogen) atoms. The first-order chi connectivity index (χ1) is 11.8. The number of amides is 1. The number of carbonyl (C=O) groups excluding carboxylic acids is 1. The van der Waals surface area contributed by atoms with E-state index in [0.717, 1.165) is 29.2 Å². The van der Waals surface area contributed by atoms with Crippen molar-refractivity contribution in [3.05, 3.63) is 46.7 Å². The fourth-order valence-corrected chi connectivity index (χ4v) is 4.46. The molecule has 2 aromatic rings. The Bertz CT molecular complexity index is 700. The van der Waals surface area contributed by atoms with Crippen molar-refractivity contribution in [2.24, 2.45) is 0 Å². The Morgan fingerprint density at radius 1 is 1.29 bits per heavy atom. The van der Waals surface area contributed by atoms with E-state index in [2.05, 4.69) is 10.2 Å². The number of hydrogen-bond acceptors (Lipinski definition) is 4. The van der Waals surface area contributed by atoms with Crippen LogP contribution in [0.15, 0.2) is 41.8 Å². The fourth-order valence-electron chi connectivity index (χ4n) is 3.63. The molecule has 5 heteroatoms. The molecule has 2 aliphatic heterocycles. The summed E-state index contributed by atoms with van der Waals surface area (Å²) in [6, 6.07) is 12.7. The van der Waals surface area contributed by atoms with Gasteiger partial charge in [-0.3, -0.25) is 9.69 Å². The van der Waals surface area contributed by atoms with E-state index in [-0.39, 0.29) is 12.0 Å². The number of fused-ring (bicyclic) bond motifs is 1. The van der Waals surface area contributed by atoms with Crippen molar-refractivity contribution < 1.29 is 9.53 Å². The zero-order valence-corrected chi connectivity index (χ0v) is 14.4. The summed E-state index contributed by atoms with van der Waals surface area (Å²) in [6.07, 6.45) is 2.61. The molecule has 1 amide bonds. The Labute approximate surface area is 146 Å². The molecule has 2 aliphatic rings. The molecule has 1 aromatic carbocycles. The van der Waals surface area contributed by atoms with Gasteiger partial charge in [0.1, 0.15) is 0 Å². The Morgan fingerprint density at radius 2 is 2.17 bits per heavy atom. The van der Waals surface area contributed by atoms with E-state index >= 15 is 0 Å². The molecule has 0 spiro atoms. The van der Waals surface area contributed by atoms with Crippen LogP contribution in [-0.4, -0.2) is 49.2 Å². The number of carbonyl (C=O) groups is 1. The standard InChI is InChI=1S/C19H22N2O2S/c22-19(18-17(8-10-24-18)14-5-2-1-3-6-14)20-11-16-12-21-9-4-7-15(21)13-23-16/h1-3,5-6,8,10,15-16H,4,7,9,11-13H2,(H,20,22)/t15-,16+/m1/s1. The third-order valence-corrected chi connectivity index (χ3v) is 5.82. The zero-order chi connectivity index (χ0) is 16.4. The number of morpholine rings is 1. The van der Waals surface area contributed by atoms with Crippen molar-refractivity contribution in [3.63, 3.8) is 0 Å². The van der Waals surface area contributed by atoms with E-state index in [9.17, 15) is 4.79 Å². The molecule has 0 bridgehead atoms. The molecule has 0 radical (unpaired) electrons. The summed E-state index contributed by atoms with van der Waals surface area (Å²) in [6.45, 7) is 3.48. The molecule has 0 aliphatic carbocycles. The molecule has 1 N–H and O–H groups in total. The number of nitrogens with one attached hydrogen (secondary N) is 1. The second-order valence-electron chi connectivity index (χ2n) is 6.49. The second kappa shape index (κ2) is 7.05. The van der Waals surface area contributed by atoms with Gasteiger partial charge in [0.2, 0.25) is 0 Å². The minimum Gasteiger partial charge on any atom is -0.373 e. The van der Waals surface area contributed by atoms with Gasteiger partial charge in [-0.25, -0.2) is 0 Å². The average molecular weight is 342 g/mol. The molecule has 3 heterocycles. The van der Waals surface area contributed by atoms with Crippen LogP contribution in [0.3, 0.4) is 0 Å². The maximum Gasteiger partial charge on any atom is 0.262 e. The lowest BCUT2D eigenvalue weighted by atomic mass is 10.1. The van der Waals surface area contributed by atoms with Gasteiger partial charge < -0.3 is 10.1 Å². The van der Waals surface area contributed by atoms with Gasteiger partial charge >= 0.3 is 0 Å². The van der Waals surface area contributed by atoms with Crippen LogP contribution in [0.1, 0.15) is 22.5 Å². The lowest BCUT2D eigenvalue weighted by Crippen LogP contribution is -2.50. The summed E-state index contributed by atoms with van der Waals surface area (Å²) in [7, 11) is 0. The summed E-state index contributed by atoms with van der Waals surface area (Å²) < 4.78 is 5.92. The lowest BCUT2D eigenvalue weighted by molar-refractivity contribution is -0.0461. The van der Waals surface area contributed by atoms with Crippen LogP contribution in [0, 0.1) is 0 Å². The van der Waals surface area contributed by atoms with E-state index in [1.54, 1.807) is 0 Å². The molecule has 4 rings (SSSR count). The predicted molar refractivity (Wildman–Crippen MR) is 96.4 cm³/mol. The van der Waals surface area contributed by atoms with Crippen molar-refractivity contribution in [2.75, 3.05) is 26.2 Å². The quantitative estimate of drug-likeness (QED) is 0.929. The first-order valence-corrected chi connectivity index (χ1v) is 9.46. The Hall–Kier alpha value is -1.69. The van der Waals surface area contributed by atoms with Gasteiger partial charge in [-0.2, -0.15) is 0 Å². The number of rotatable bonds is 4. The van der Waals surface area contributed by atoms with Crippen molar-refractivity contribution in [3.8, 4) is 11.1 Å². The van der Waals surface area contributed by atoms with Crippen molar-refractivity contribution >= 4 is 17.2 Å². The zero-order valence-electron chi connectivity index (χ0n) is 13.6. The normalized spacial score (nSPS) is 23.8. The number of ether oxygens (including phenoxy) is 1. The summed E-state index contributed by atoms with van der Waals surface area (Å²) in [5.41, 5.74) is 2.08. The van der Waals surface area contributed by atoms with Gasteiger partial charge in [-0.15, -0.1) is 11.3 Å². The Kier molecular flexibility index (Phi) is 4.65. The Balaban J connectivity index is 1.38. The van der Waals surface area contributed by atoms with Crippen LogP contribution >= 0.6 is 11.3 Å².